The van der Waals surface area contributed by atoms with Crippen molar-refractivity contribution in [2.24, 2.45) is 0 Å². The highest BCUT2D eigenvalue weighted by Crippen LogP contribution is 2.16. The van der Waals surface area contributed by atoms with Crippen molar-refractivity contribution in [1.82, 2.24) is 4.90 Å². The normalized spacial score (nSPS) is 10.9. The van der Waals surface area contributed by atoms with Crippen LogP contribution < -0.4 is 0 Å². The minimum atomic E-state index is 0.254. The lowest BCUT2D eigenvalue weighted by molar-refractivity contribution is 0.209. The molecule has 15 heavy (non-hydrogen) atoms. The first-order valence-electron chi connectivity index (χ1n) is 5.38. The molecule has 0 aliphatic rings. The number of likely N-dealkylation sites (N-methyl/N-ethyl adjacent to an activating group) is 1. The smallest absolute Gasteiger partial charge is 0.0558 e. The third kappa shape index (κ3) is 5.21. The molecule has 0 aromatic heterocycles. The van der Waals surface area contributed by atoms with E-state index in [0.717, 1.165) is 25.4 Å². The topological polar surface area (TPSA) is 23.5 Å². The monoisotopic (exact) mass is 225 g/mol. The summed E-state index contributed by atoms with van der Waals surface area (Å²) >= 11 is 1.87. The van der Waals surface area contributed by atoms with Gasteiger partial charge in [0.25, 0.3) is 0 Å². The molecule has 0 saturated heterocycles. The van der Waals surface area contributed by atoms with Gasteiger partial charge < -0.3 is 10.0 Å². The van der Waals surface area contributed by atoms with Crippen LogP contribution in [-0.2, 0) is 0 Å². The molecule has 0 radical (unpaired) electrons. The van der Waals surface area contributed by atoms with Gasteiger partial charge in [-0.2, -0.15) is 0 Å². The zero-order chi connectivity index (χ0) is 10.9. The van der Waals surface area contributed by atoms with Crippen molar-refractivity contribution in [3.8, 4) is 0 Å². The molecular formula is C12H19NOS. The third-order valence-corrected chi connectivity index (χ3v) is 3.28. The summed E-state index contributed by atoms with van der Waals surface area (Å²) in [7, 11) is 0. The Balaban J connectivity index is 2.20. The molecule has 0 spiro atoms. The molecule has 1 aromatic carbocycles. The predicted molar refractivity (Wildman–Crippen MR) is 66.4 cm³/mol. The van der Waals surface area contributed by atoms with Crippen LogP contribution in [0.3, 0.4) is 0 Å². The Hall–Kier alpha value is -0.510. The first kappa shape index (κ1) is 12.6. The number of hydrogen-bond acceptors (Lipinski definition) is 3. The van der Waals surface area contributed by atoms with E-state index in [1.807, 2.05) is 17.8 Å². The van der Waals surface area contributed by atoms with E-state index in [0.29, 0.717) is 0 Å². The van der Waals surface area contributed by atoms with Crippen molar-refractivity contribution in [2.75, 3.05) is 32.0 Å². The fraction of sp³-hybridized carbons (Fsp3) is 0.500. The molecular weight excluding hydrogens is 206 g/mol. The molecule has 0 unspecified atom stereocenters. The van der Waals surface area contributed by atoms with Gasteiger partial charge in [-0.1, -0.05) is 25.1 Å². The molecule has 0 atom stereocenters. The van der Waals surface area contributed by atoms with Crippen LogP contribution in [-0.4, -0.2) is 42.0 Å². The fourth-order valence-electron chi connectivity index (χ4n) is 1.38. The molecule has 1 N–H and O–H groups in total. The summed E-state index contributed by atoms with van der Waals surface area (Å²) in [6.07, 6.45) is 0. The molecule has 0 aliphatic heterocycles. The summed E-state index contributed by atoms with van der Waals surface area (Å²) < 4.78 is 0. The third-order valence-electron chi connectivity index (χ3n) is 2.28. The first-order valence-corrected chi connectivity index (χ1v) is 6.36. The summed E-state index contributed by atoms with van der Waals surface area (Å²) in [5.74, 6) is 1.08. The Kier molecular flexibility index (Phi) is 6.48. The molecule has 0 saturated carbocycles. The van der Waals surface area contributed by atoms with Gasteiger partial charge in [0.2, 0.25) is 0 Å². The minimum absolute atomic E-state index is 0.254. The van der Waals surface area contributed by atoms with Crippen LogP contribution in [0.15, 0.2) is 35.2 Å². The first-order chi connectivity index (χ1) is 7.36. The molecule has 2 nitrogen and oxygen atoms in total. The lowest BCUT2D eigenvalue weighted by Gasteiger charge is -2.18. The number of aliphatic hydroxyl groups excluding tert-OH is 1. The Morgan fingerprint density at radius 3 is 2.53 bits per heavy atom. The standard InChI is InChI=1S/C12H19NOS/c1-2-13(8-10-14)9-11-15-12-6-4-3-5-7-12/h3-7,14H,2,8-11H2,1H3. The lowest BCUT2D eigenvalue weighted by atomic mass is 10.4. The zero-order valence-corrected chi connectivity index (χ0v) is 10.0. The van der Waals surface area contributed by atoms with Gasteiger partial charge >= 0.3 is 0 Å². The summed E-state index contributed by atoms with van der Waals surface area (Å²) in [6, 6.07) is 10.4. The molecule has 0 fully saturated rings. The summed E-state index contributed by atoms with van der Waals surface area (Å²) in [6.45, 7) is 5.21. The Labute approximate surface area is 96.3 Å². The van der Waals surface area contributed by atoms with Gasteiger partial charge in [0.15, 0.2) is 0 Å². The van der Waals surface area contributed by atoms with Crippen molar-refractivity contribution in [3.63, 3.8) is 0 Å². The highest BCUT2D eigenvalue weighted by atomic mass is 32.2. The number of rotatable bonds is 7. The Morgan fingerprint density at radius 2 is 1.93 bits per heavy atom. The largest absolute Gasteiger partial charge is 0.395 e. The number of aliphatic hydroxyl groups is 1. The van der Waals surface area contributed by atoms with Crippen LogP contribution in [0.1, 0.15) is 6.92 Å². The molecule has 0 bridgehead atoms. The van der Waals surface area contributed by atoms with E-state index in [4.69, 9.17) is 5.11 Å². The van der Waals surface area contributed by atoms with E-state index >= 15 is 0 Å². The van der Waals surface area contributed by atoms with Crippen LogP contribution >= 0.6 is 11.8 Å². The second-order valence-electron chi connectivity index (χ2n) is 3.32. The Bertz CT molecular complexity index is 253. The summed E-state index contributed by atoms with van der Waals surface area (Å²) in [5, 5.41) is 8.84. The predicted octanol–water partition coefficient (Wildman–Crippen LogP) is 2.09. The maximum Gasteiger partial charge on any atom is 0.0558 e. The van der Waals surface area contributed by atoms with E-state index in [2.05, 4.69) is 36.1 Å². The highest BCUT2D eigenvalue weighted by Gasteiger charge is 2.00. The average molecular weight is 225 g/mol. The molecule has 0 amide bonds. The van der Waals surface area contributed by atoms with Gasteiger partial charge in [0.1, 0.15) is 0 Å². The van der Waals surface area contributed by atoms with Gasteiger partial charge in [0.05, 0.1) is 6.61 Å². The zero-order valence-electron chi connectivity index (χ0n) is 9.22. The molecule has 84 valence electrons. The van der Waals surface area contributed by atoms with Crippen molar-refractivity contribution in [1.29, 1.82) is 0 Å². The van der Waals surface area contributed by atoms with Crippen molar-refractivity contribution < 1.29 is 5.11 Å². The van der Waals surface area contributed by atoms with Crippen LogP contribution in [0.25, 0.3) is 0 Å². The summed E-state index contributed by atoms with van der Waals surface area (Å²) in [4.78, 5) is 3.58. The highest BCUT2D eigenvalue weighted by molar-refractivity contribution is 7.99. The van der Waals surface area contributed by atoms with Crippen LogP contribution in [0.4, 0.5) is 0 Å². The molecule has 0 aliphatic carbocycles. The number of nitrogens with zero attached hydrogens (tertiary/aromatic N) is 1. The van der Waals surface area contributed by atoms with Crippen LogP contribution in [0.5, 0.6) is 0 Å². The Morgan fingerprint density at radius 1 is 1.20 bits per heavy atom. The number of hydrogen-bond donors (Lipinski definition) is 1. The van der Waals surface area contributed by atoms with Gasteiger partial charge in [-0.25, -0.2) is 0 Å². The van der Waals surface area contributed by atoms with Crippen LogP contribution in [0, 0.1) is 0 Å². The quantitative estimate of drug-likeness (QED) is 0.719. The maximum absolute atomic E-state index is 8.84. The van der Waals surface area contributed by atoms with E-state index in [1.54, 1.807) is 0 Å². The summed E-state index contributed by atoms with van der Waals surface area (Å²) in [5.41, 5.74) is 0. The second kappa shape index (κ2) is 7.74. The van der Waals surface area contributed by atoms with Gasteiger partial charge in [-0.3, -0.25) is 0 Å². The van der Waals surface area contributed by atoms with E-state index in [1.165, 1.54) is 4.90 Å². The average Bonchev–Trinajstić information content (AvgIpc) is 2.29. The molecule has 3 heteroatoms. The van der Waals surface area contributed by atoms with Gasteiger partial charge in [-0.15, -0.1) is 11.8 Å². The van der Waals surface area contributed by atoms with Gasteiger partial charge in [-0.05, 0) is 18.7 Å². The molecule has 0 heterocycles. The maximum atomic E-state index is 8.84. The fourth-order valence-corrected chi connectivity index (χ4v) is 2.31. The lowest BCUT2D eigenvalue weighted by Crippen LogP contribution is -2.28. The number of thioether (sulfide) groups is 1. The van der Waals surface area contributed by atoms with E-state index < -0.39 is 0 Å². The van der Waals surface area contributed by atoms with Gasteiger partial charge in [0, 0.05) is 23.7 Å². The molecule has 1 rings (SSSR count). The van der Waals surface area contributed by atoms with Crippen molar-refractivity contribution in [2.45, 2.75) is 11.8 Å². The van der Waals surface area contributed by atoms with Crippen molar-refractivity contribution in [3.05, 3.63) is 30.3 Å². The van der Waals surface area contributed by atoms with E-state index in [9.17, 15) is 0 Å². The SMILES string of the molecule is CCN(CCO)CCSc1ccccc1. The van der Waals surface area contributed by atoms with Crippen molar-refractivity contribution >= 4 is 11.8 Å². The van der Waals surface area contributed by atoms with Crippen LogP contribution in [0.2, 0.25) is 0 Å². The molecule has 1 aromatic rings. The number of benzene rings is 1. The second-order valence-corrected chi connectivity index (χ2v) is 4.49. The van der Waals surface area contributed by atoms with E-state index in [-0.39, 0.29) is 6.61 Å². The minimum Gasteiger partial charge on any atom is -0.395 e.